The Kier molecular flexibility index (Phi) is 5.97. The number of hydrogen-bond acceptors (Lipinski definition) is 2. The molecule has 0 atom stereocenters. The van der Waals surface area contributed by atoms with Crippen LogP contribution in [0.25, 0.3) is 22.0 Å². The van der Waals surface area contributed by atoms with Crippen LogP contribution in [0.4, 0.5) is 36.4 Å². The summed E-state index contributed by atoms with van der Waals surface area (Å²) in [6.45, 7) is 1.51. The monoisotopic (exact) mass is 478 g/mol. The molecule has 0 saturated heterocycles. The number of aryl methyl sites for hydroxylation is 1. The van der Waals surface area contributed by atoms with Crippen molar-refractivity contribution in [1.82, 2.24) is 4.98 Å². The SMILES string of the molecule is Cc1cnc2c(C(F)(F)F)cccc2c1-c1cccc(NCc2cc(C(F)(F)F)ccc2F)c1. The molecule has 1 N–H and O–H groups in total. The van der Waals surface area contributed by atoms with Gasteiger partial charge >= 0.3 is 12.4 Å². The molecule has 4 aromatic rings. The molecular formula is C25H17F7N2. The lowest BCUT2D eigenvalue weighted by Gasteiger charge is -2.16. The van der Waals surface area contributed by atoms with Crippen molar-refractivity contribution in [3.63, 3.8) is 0 Å². The summed E-state index contributed by atoms with van der Waals surface area (Å²) in [6.07, 6.45) is -7.81. The number of fused-ring (bicyclic) bond motifs is 1. The zero-order chi connectivity index (χ0) is 24.7. The van der Waals surface area contributed by atoms with E-state index in [2.05, 4.69) is 10.3 Å². The second-order valence-corrected chi connectivity index (χ2v) is 7.75. The van der Waals surface area contributed by atoms with Crippen LogP contribution in [0.15, 0.2) is 66.9 Å². The van der Waals surface area contributed by atoms with Crippen molar-refractivity contribution in [3.8, 4) is 11.1 Å². The Bertz CT molecular complexity index is 1360. The molecule has 0 bridgehead atoms. The minimum atomic E-state index is -4.60. The summed E-state index contributed by atoms with van der Waals surface area (Å²) in [5, 5.41) is 3.21. The Morgan fingerprint density at radius 3 is 2.29 bits per heavy atom. The Morgan fingerprint density at radius 2 is 1.59 bits per heavy atom. The third-order valence-electron chi connectivity index (χ3n) is 5.40. The number of aromatic nitrogens is 1. The average Bonchev–Trinajstić information content (AvgIpc) is 2.76. The molecule has 3 aromatic carbocycles. The van der Waals surface area contributed by atoms with Gasteiger partial charge in [-0.3, -0.25) is 4.98 Å². The topological polar surface area (TPSA) is 24.9 Å². The van der Waals surface area contributed by atoms with E-state index in [0.29, 0.717) is 33.8 Å². The number of para-hydroxylation sites is 1. The van der Waals surface area contributed by atoms with Gasteiger partial charge in [-0.1, -0.05) is 24.3 Å². The summed E-state index contributed by atoms with van der Waals surface area (Å²) in [5.74, 6) is -0.785. The predicted molar refractivity (Wildman–Crippen MR) is 116 cm³/mol. The van der Waals surface area contributed by atoms with Gasteiger partial charge < -0.3 is 5.32 Å². The van der Waals surface area contributed by atoms with Gasteiger partial charge in [0.1, 0.15) is 5.82 Å². The van der Waals surface area contributed by atoms with E-state index in [-0.39, 0.29) is 17.6 Å². The summed E-state index contributed by atoms with van der Waals surface area (Å²) < 4.78 is 93.3. The summed E-state index contributed by atoms with van der Waals surface area (Å²) in [4.78, 5) is 4.00. The van der Waals surface area contributed by atoms with Gasteiger partial charge in [-0.15, -0.1) is 0 Å². The zero-order valence-corrected chi connectivity index (χ0v) is 17.7. The number of rotatable bonds is 4. The number of nitrogens with one attached hydrogen (secondary N) is 1. The standard InChI is InChI=1S/C25H17F7N2/c1-14-12-34-23-19(6-3-7-20(23)25(30,31)32)22(14)15-4-2-5-18(11-15)33-13-16-10-17(24(27,28)29)8-9-21(16)26/h2-12,33H,13H2,1H3. The molecule has 0 aliphatic carbocycles. The van der Waals surface area contributed by atoms with Gasteiger partial charge in [0.25, 0.3) is 0 Å². The van der Waals surface area contributed by atoms with Crippen molar-refractivity contribution < 1.29 is 30.7 Å². The second-order valence-electron chi connectivity index (χ2n) is 7.75. The van der Waals surface area contributed by atoms with Crippen LogP contribution < -0.4 is 5.32 Å². The summed E-state index contributed by atoms with van der Waals surface area (Å²) in [5.41, 5.74) is 0.0854. The molecule has 176 valence electrons. The zero-order valence-electron chi connectivity index (χ0n) is 17.7. The highest BCUT2D eigenvalue weighted by Gasteiger charge is 2.33. The maximum absolute atomic E-state index is 14.1. The van der Waals surface area contributed by atoms with Crippen LogP contribution in [0, 0.1) is 12.7 Å². The van der Waals surface area contributed by atoms with Crippen LogP contribution in [0.2, 0.25) is 0 Å². The third-order valence-corrected chi connectivity index (χ3v) is 5.40. The molecule has 34 heavy (non-hydrogen) atoms. The fraction of sp³-hybridized carbons (Fsp3) is 0.160. The second kappa shape index (κ2) is 8.62. The predicted octanol–water partition coefficient (Wildman–Crippen LogP) is 8.00. The number of halogens is 7. The minimum absolute atomic E-state index is 0.166. The van der Waals surface area contributed by atoms with Gasteiger partial charge in [-0.05, 0) is 60.0 Å². The number of hydrogen-bond donors (Lipinski definition) is 1. The summed E-state index contributed by atoms with van der Waals surface area (Å²) >= 11 is 0. The molecule has 0 unspecified atom stereocenters. The smallest absolute Gasteiger partial charge is 0.381 e. The van der Waals surface area contributed by atoms with E-state index in [1.165, 1.54) is 12.3 Å². The molecule has 0 fully saturated rings. The lowest BCUT2D eigenvalue weighted by Crippen LogP contribution is -2.08. The van der Waals surface area contributed by atoms with E-state index in [4.69, 9.17) is 0 Å². The first-order valence-electron chi connectivity index (χ1n) is 10.1. The number of alkyl halides is 6. The van der Waals surface area contributed by atoms with E-state index < -0.39 is 29.3 Å². The van der Waals surface area contributed by atoms with Gasteiger partial charge in [0, 0.05) is 29.4 Å². The van der Waals surface area contributed by atoms with Gasteiger partial charge in [-0.2, -0.15) is 26.3 Å². The van der Waals surface area contributed by atoms with E-state index >= 15 is 0 Å². The molecule has 0 aliphatic heterocycles. The quantitative estimate of drug-likeness (QED) is 0.301. The molecule has 0 aliphatic rings. The molecule has 0 radical (unpaired) electrons. The lowest BCUT2D eigenvalue weighted by atomic mass is 9.95. The summed E-state index contributed by atoms with van der Waals surface area (Å²) in [7, 11) is 0. The Labute approximate surface area is 190 Å². The van der Waals surface area contributed by atoms with E-state index in [1.54, 1.807) is 37.3 Å². The van der Waals surface area contributed by atoms with E-state index in [9.17, 15) is 30.7 Å². The molecule has 2 nitrogen and oxygen atoms in total. The van der Waals surface area contributed by atoms with Crippen molar-refractivity contribution in [1.29, 1.82) is 0 Å². The maximum Gasteiger partial charge on any atom is 0.418 e. The number of benzene rings is 3. The van der Waals surface area contributed by atoms with Gasteiger partial charge in [0.15, 0.2) is 0 Å². The lowest BCUT2D eigenvalue weighted by molar-refractivity contribution is -0.138. The molecule has 9 heteroatoms. The molecular weight excluding hydrogens is 461 g/mol. The first-order valence-corrected chi connectivity index (χ1v) is 10.1. The fourth-order valence-electron chi connectivity index (χ4n) is 3.80. The number of pyridine rings is 1. The minimum Gasteiger partial charge on any atom is -0.381 e. The molecule has 0 amide bonds. The van der Waals surface area contributed by atoms with Gasteiger partial charge in [0.2, 0.25) is 0 Å². The highest BCUT2D eigenvalue weighted by Crippen LogP contribution is 2.38. The van der Waals surface area contributed by atoms with Gasteiger partial charge in [0.05, 0.1) is 16.6 Å². The van der Waals surface area contributed by atoms with Crippen LogP contribution in [0.3, 0.4) is 0 Å². The highest BCUT2D eigenvalue weighted by molar-refractivity contribution is 5.98. The Morgan fingerprint density at radius 1 is 0.853 bits per heavy atom. The average molecular weight is 478 g/mol. The first-order chi connectivity index (χ1) is 15.9. The molecule has 0 saturated carbocycles. The van der Waals surface area contributed by atoms with Crippen molar-refractivity contribution in [2.24, 2.45) is 0 Å². The van der Waals surface area contributed by atoms with Crippen LogP contribution in [0.5, 0.6) is 0 Å². The van der Waals surface area contributed by atoms with Crippen molar-refractivity contribution in [2.75, 3.05) is 5.32 Å². The Hall–Kier alpha value is -3.62. The normalized spacial score (nSPS) is 12.2. The molecule has 4 rings (SSSR count). The maximum atomic E-state index is 14.1. The highest BCUT2D eigenvalue weighted by atomic mass is 19.4. The third kappa shape index (κ3) is 4.69. The molecule has 0 spiro atoms. The van der Waals surface area contributed by atoms with E-state index in [0.717, 1.165) is 18.2 Å². The first kappa shape index (κ1) is 23.5. The van der Waals surface area contributed by atoms with Gasteiger partial charge in [-0.25, -0.2) is 4.39 Å². The summed E-state index contributed by atoms with van der Waals surface area (Å²) in [6, 6.07) is 12.7. The Balaban J connectivity index is 1.70. The van der Waals surface area contributed by atoms with Crippen molar-refractivity contribution in [3.05, 3.63) is 94.9 Å². The van der Waals surface area contributed by atoms with Crippen LogP contribution in [-0.4, -0.2) is 4.98 Å². The van der Waals surface area contributed by atoms with Crippen LogP contribution in [-0.2, 0) is 18.9 Å². The number of nitrogens with zero attached hydrogens (tertiary/aromatic N) is 1. The largest absolute Gasteiger partial charge is 0.418 e. The van der Waals surface area contributed by atoms with E-state index in [1.807, 2.05) is 0 Å². The van der Waals surface area contributed by atoms with Crippen LogP contribution in [0.1, 0.15) is 22.3 Å². The van der Waals surface area contributed by atoms with Crippen molar-refractivity contribution >= 4 is 16.6 Å². The molecule has 1 aromatic heterocycles. The fourth-order valence-corrected chi connectivity index (χ4v) is 3.80. The van der Waals surface area contributed by atoms with Crippen LogP contribution >= 0.6 is 0 Å². The molecule has 1 heterocycles. The number of anilines is 1. The van der Waals surface area contributed by atoms with Crippen molar-refractivity contribution in [2.45, 2.75) is 25.8 Å².